The number of aliphatic hydroxyl groups excluding tert-OH is 2. The number of hydrogen-bond acceptors (Lipinski definition) is 7. The summed E-state index contributed by atoms with van der Waals surface area (Å²) in [6, 6.07) is 10.9. The number of allylic oxidation sites excluding steroid dienone is 1. The molecule has 3 rings (SSSR count). The Morgan fingerprint density at radius 3 is 2.61 bits per heavy atom. The summed E-state index contributed by atoms with van der Waals surface area (Å²) in [7, 11) is 1.82. The highest BCUT2D eigenvalue weighted by atomic mass is 16.7. The molecule has 0 unspecified atom stereocenters. The minimum absolute atomic E-state index is 0.0680. The van der Waals surface area contributed by atoms with Gasteiger partial charge in [-0.1, -0.05) is 31.0 Å². The summed E-state index contributed by atoms with van der Waals surface area (Å²) in [5, 5.41) is 20.6. The molecule has 0 fully saturated rings. The fraction of sp³-hybridized carbons (Fsp3) is 0.538. The van der Waals surface area contributed by atoms with Crippen LogP contribution in [0.5, 0.6) is 0 Å². The Labute approximate surface area is 211 Å². The Kier molecular flexibility index (Phi) is 11.2. The molecule has 0 spiro atoms. The molecule has 10 heteroatoms. The van der Waals surface area contributed by atoms with Gasteiger partial charge in [0.25, 0.3) is 11.5 Å². The van der Waals surface area contributed by atoms with Gasteiger partial charge in [0.15, 0.2) is 5.76 Å². The summed E-state index contributed by atoms with van der Waals surface area (Å²) < 4.78 is 20.3. The molecule has 0 saturated carbocycles. The summed E-state index contributed by atoms with van der Waals surface area (Å²) in [5.74, 6) is -0.461. The molecule has 0 aliphatic carbocycles. The highest BCUT2D eigenvalue weighted by Crippen LogP contribution is 2.31. The molecule has 3 N–H and O–H groups in total. The van der Waals surface area contributed by atoms with Crippen LogP contribution in [0.2, 0.25) is 0 Å². The van der Waals surface area contributed by atoms with E-state index in [4.69, 9.17) is 24.4 Å². The molecule has 1 aliphatic rings. The van der Waals surface area contributed by atoms with Gasteiger partial charge in [0.1, 0.15) is 0 Å². The Bertz CT molecular complexity index is 1030. The zero-order valence-corrected chi connectivity index (χ0v) is 20.8. The largest absolute Gasteiger partial charge is 0.459 e. The van der Waals surface area contributed by atoms with Crippen LogP contribution in [0.15, 0.2) is 53.0 Å². The number of nitrogens with one attached hydrogen (secondary N) is 1. The summed E-state index contributed by atoms with van der Waals surface area (Å²) in [4.78, 5) is 25.7. The van der Waals surface area contributed by atoms with Crippen molar-refractivity contribution in [2.45, 2.75) is 44.3 Å². The van der Waals surface area contributed by atoms with Crippen molar-refractivity contribution in [3.05, 3.63) is 64.3 Å². The first-order valence-corrected chi connectivity index (χ1v) is 12.5. The Hall–Kier alpha value is -2.92. The number of unbranched alkanes of at least 4 members (excludes halogenated alkanes) is 3. The van der Waals surface area contributed by atoms with Crippen molar-refractivity contribution in [1.82, 2.24) is 14.7 Å². The van der Waals surface area contributed by atoms with Crippen LogP contribution in [0, 0.1) is 0 Å². The predicted octanol–water partition coefficient (Wildman–Crippen LogP) is 1.58. The van der Waals surface area contributed by atoms with Crippen LogP contribution in [0.1, 0.15) is 43.7 Å². The number of nitrogens with zero attached hydrogens (tertiary/aromatic N) is 2. The molecule has 0 saturated heterocycles. The third kappa shape index (κ3) is 7.79. The number of aliphatic hydroxyl groups is 2. The van der Waals surface area contributed by atoms with Gasteiger partial charge in [-0.15, -0.1) is 0 Å². The van der Waals surface area contributed by atoms with Crippen molar-refractivity contribution < 1.29 is 29.2 Å². The van der Waals surface area contributed by atoms with E-state index in [9.17, 15) is 9.59 Å². The first kappa shape index (κ1) is 27.7. The number of hydrogen-bond donors (Lipinski definition) is 3. The second-order valence-corrected chi connectivity index (χ2v) is 8.60. The van der Waals surface area contributed by atoms with Crippen LogP contribution in [0.4, 0.5) is 0 Å². The molecule has 198 valence electrons. The lowest BCUT2D eigenvalue weighted by Gasteiger charge is -2.29. The summed E-state index contributed by atoms with van der Waals surface area (Å²) in [6.45, 7) is 1.35. The van der Waals surface area contributed by atoms with Gasteiger partial charge in [0.05, 0.1) is 32.1 Å². The number of ether oxygens (including phenoxy) is 3. The number of benzene rings is 1. The molecule has 36 heavy (non-hydrogen) atoms. The molecule has 2 aromatic rings. The van der Waals surface area contributed by atoms with Crippen molar-refractivity contribution >= 4 is 5.91 Å². The highest BCUT2D eigenvalue weighted by Gasteiger charge is 2.31. The SMILES string of the molecule is Cn1c([C@@H]2C=C(C(=O)NCCCCCCO)O[C@H](OCCOCCO)C2)cc(=O)n1-c1ccccc1. The number of aromatic nitrogens is 2. The van der Waals surface area contributed by atoms with Crippen LogP contribution in [-0.2, 0) is 26.1 Å². The fourth-order valence-corrected chi connectivity index (χ4v) is 4.17. The Balaban J connectivity index is 1.75. The van der Waals surface area contributed by atoms with E-state index in [1.165, 1.54) is 0 Å². The van der Waals surface area contributed by atoms with Crippen molar-refractivity contribution in [3.8, 4) is 5.69 Å². The van der Waals surface area contributed by atoms with Crippen LogP contribution >= 0.6 is 0 Å². The first-order chi connectivity index (χ1) is 17.5. The maximum atomic E-state index is 12.9. The number of carbonyl (C=O) groups excluding carboxylic acids is 1. The van der Waals surface area contributed by atoms with Crippen molar-refractivity contribution in [2.75, 3.05) is 39.6 Å². The molecular formula is C26H37N3O7. The summed E-state index contributed by atoms with van der Waals surface area (Å²) >= 11 is 0. The van der Waals surface area contributed by atoms with Crippen molar-refractivity contribution in [2.24, 2.45) is 7.05 Å². The Morgan fingerprint density at radius 2 is 1.86 bits per heavy atom. The van der Waals surface area contributed by atoms with Crippen molar-refractivity contribution in [1.29, 1.82) is 0 Å². The van der Waals surface area contributed by atoms with E-state index in [1.807, 2.05) is 37.4 Å². The zero-order valence-electron chi connectivity index (χ0n) is 20.8. The molecule has 0 radical (unpaired) electrons. The number of rotatable bonds is 15. The van der Waals surface area contributed by atoms with E-state index in [0.29, 0.717) is 13.0 Å². The van der Waals surface area contributed by atoms with Gasteiger partial charge in [0.2, 0.25) is 6.29 Å². The minimum Gasteiger partial charge on any atom is -0.459 e. The Morgan fingerprint density at radius 1 is 1.08 bits per heavy atom. The minimum atomic E-state index is -0.696. The van der Waals surface area contributed by atoms with Gasteiger partial charge in [-0.3, -0.25) is 14.3 Å². The molecule has 2 atom stereocenters. The quantitative estimate of drug-likeness (QED) is 0.315. The molecule has 0 bridgehead atoms. The molecule has 10 nitrogen and oxygen atoms in total. The molecule has 1 aliphatic heterocycles. The molecular weight excluding hydrogens is 466 g/mol. The third-order valence-corrected chi connectivity index (χ3v) is 5.95. The number of amides is 1. The predicted molar refractivity (Wildman–Crippen MR) is 134 cm³/mol. The summed E-state index contributed by atoms with van der Waals surface area (Å²) in [5.41, 5.74) is 1.33. The van der Waals surface area contributed by atoms with Crippen LogP contribution in [-0.4, -0.2) is 71.4 Å². The van der Waals surface area contributed by atoms with E-state index < -0.39 is 6.29 Å². The average molecular weight is 504 g/mol. The second kappa shape index (κ2) is 14.6. The zero-order chi connectivity index (χ0) is 25.8. The van der Waals surface area contributed by atoms with Crippen LogP contribution in [0.25, 0.3) is 5.69 Å². The second-order valence-electron chi connectivity index (χ2n) is 8.60. The third-order valence-electron chi connectivity index (χ3n) is 5.95. The van der Waals surface area contributed by atoms with E-state index in [0.717, 1.165) is 37.1 Å². The normalized spacial score (nSPS) is 17.5. The van der Waals surface area contributed by atoms with Crippen LogP contribution in [0.3, 0.4) is 0 Å². The van der Waals surface area contributed by atoms with E-state index in [2.05, 4.69) is 5.32 Å². The standard InChI is InChI=1S/C26H37N3O7/c1-28-22(19-24(32)29(28)21-9-5-4-6-10-21)20-17-23(26(33)27-11-7-2-3-8-12-30)36-25(18-20)35-16-15-34-14-13-31/h4-6,9-10,17,19-20,25,30-31H,2-3,7-8,11-16,18H2,1H3,(H,27,33)/t20-,25+/m1/s1. The van der Waals surface area contributed by atoms with Gasteiger partial charge in [-0.05, 0) is 31.1 Å². The lowest BCUT2D eigenvalue weighted by molar-refractivity contribution is -0.151. The van der Waals surface area contributed by atoms with E-state index >= 15 is 0 Å². The van der Waals surface area contributed by atoms with Crippen LogP contribution < -0.4 is 10.9 Å². The monoisotopic (exact) mass is 503 g/mol. The number of carbonyl (C=O) groups is 1. The topological polar surface area (TPSA) is 124 Å². The first-order valence-electron chi connectivity index (χ1n) is 12.5. The van der Waals surface area contributed by atoms with Gasteiger partial charge >= 0.3 is 0 Å². The lowest BCUT2D eigenvalue weighted by Crippen LogP contribution is -2.34. The lowest BCUT2D eigenvalue weighted by atomic mass is 9.97. The molecule has 1 amide bonds. The molecule has 1 aromatic heterocycles. The summed E-state index contributed by atoms with van der Waals surface area (Å²) in [6.07, 6.45) is 4.85. The highest BCUT2D eigenvalue weighted by molar-refractivity contribution is 5.91. The van der Waals surface area contributed by atoms with E-state index in [1.54, 1.807) is 21.5 Å². The van der Waals surface area contributed by atoms with Crippen molar-refractivity contribution in [3.63, 3.8) is 0 Å². The average Bonchev–Trinajstić information content (AvgIpc) is 3.19. The molecule has 2 heterocycles. The maximum Gasteiger partial charge on any atom is 0.286 e. The van der Waals surface area contributed by atoms with Gasteiger partial charge in [0, 0.05) is 44.3 Å². The smallest absolute Gasteiger partial charge is 0.286 e. The molecule has 1 aromatic carbocycles. The van der Waals surface area contributed by atoms with Gasteiger partial charge < -0.3 is 29.7 Å². The maximum absolute atomic E-state index is 12.9. The number of para-hydroxylation sites is 1. The van der Waals surface area contributed by atoms with Gasteiger partial charge in [-0.2, -0.15) is 0 Å². The fourth-order valence-electron chi connectivity index (χ4n) is 4.17. The van der Waals surface area contributed by atoms with Gasteiger partial charge in [-0.25, -0.2) is 4.68 Å². The van der Waals surface area contributed by atoms with E-state index in [-0.39, 0.29) is 56.2 Å².